The number of pyridine rings is 1. The van der Waals surface area contributed by atoms with Crippen LogP contribution in [0.4, 0.5) is 0 Å². The molecule has 0 radical (unpaired) electrons. The maximum absolute atomic E-state index is 13.2. The van der Waals surface area contributed by atoms with Gasteiger partial charge in [0.25, 0.3) is 10.6 Å². The van der Waals surface area contributed by atoms with Crippen molar-refractivity contribution in [2.75, 3.05) is 0 Å². The Bertz CT molecular complexity index is 1230. The molecule has 2 aromatic carbocycles. The van der Waals surface area contributed by atoms with E-state index in [4.69, 9.17) is 0 Å². The number of hydrogen-bond donors (Lipinski definition) is 1. The second kappa shape index (κ2) is 6.84. The van der Waals surface area contributed by atoms with Crippen LogP contribution in [0.25, 0.3) is 28.0 Å². The van der Waals surface area contributed by atoms with E-state index in [2.05, 4.69) is 9.82 Å². The predicted octanol–water partition coefficient (Wildman–Crippen LogP) is 3.30. The molecule has 0 unspecified atom stereocenters. The monoisotopic (exact) mass is 375 g/mol. The first kappa shape index (κ1) is 17.2. The minimum Gasteiger partial charge on any atom is -0.494 e. The second-order valence-corrected chi connectivity index (χ2v) is 5.92. The normalized spacial score (nSPS) is 10.7. The molecule has 2 heterocycles. The van der Waals surface area contributed by atoms with E-state index in [1.54, 1.807) is 48.5 Å². The van der Waals surface area contributed by atoms with Gasteiger partial charge in [-0.25, -0.2) is 9.38 Å². The Hall–Kier alpha value is -4.20. The summed E-state index contributed by atoms with van der Waals surface area (Å²) in [7, 11) is 0. The number of benzene rings is 2. The van der Waals surface area contributed by atoms with Crippen molar-refractivity contribution in [2.24, 2.45) is 0 Å². The van der Waals surface area contributed by atoms with Gasteiger partial charge in [0, 0.05) is 5.56 Å². The minimum absolute atomic E-state index is 0.0603. The summed E-state index contributed by atoms with van der Waals surface area (Å²) in [6, 6.07) is 19.6. The molecule has 0 saturated carbocycles. The van der Waals surface area contributed by atoms with Crippen molar-refractivity contribution in [1.82, 2.24) is 9.38 Å². The Morgan fingerprint density at radius 3 is 2.32 bits per heavy atom. The lowest BCUT2D eigenvalue weighted by Gasteiger charge is -2.12. The average Bonchev–Trinajstić information content (AvgIpc) is 2.68. The zero-order valence-electron chi connectivity index (χ0n) is 14.4. The third kappa shape index (κ3) is 3.03. The first-order valence-corrected chi connectivity index (χ1v) is 8.27. The molecule has 0 bridgehead atoms. The van der Waals surface area contributed by atoms with E-state index in [-0.39, 0.29) is 17.3 Å². The highest BCUT2D eigenvalue weighted by Gasteiger charge is 2.18. The quantitative estimate of drug-likeness (QED) is 0.433. The van der Waals surface area contributed by atoms with Gasteiger partial charge in [-0.2, -0.15) is 0 Å². The number of rotatable bonds is 4. The van der Waals surface area contributed by atoms with Crippen molar-refractivity contribution in [3.63, 3.8) is 0 Å². The zero-order valence-corrected chi connectivity index (χ0v) is 14.4. The van der Waals surface area contributed by atoms with Crippen LogP contribution in [0.15, 0.2) is 77.6 Å². The summed E-state index contributed by atoms with van der Waals surface area (Å²) >= 11 is 0. The van der Waals surface area contributed by atoms with E-state index < -0.39 is 10.6 Å². The lowest BCUT2D eigenvalue weighted by atomic mass is 10.0. The van der Waals surface area contributed by atoms with Gasteiger partial charge in [-0.05, 0) is 29.8 Å². The van der Waals surface area contributed by atoms with E-state index in [1.165, 1.54) is 18.2 Å². The smallest absolute Gasteiger partial charge is 0.299 e. The van der Waals surface area contributed by atoms with Gasteiger partial charge in [0.05, 0.1) is 11.3 Å². The van der Waals surface area contributed by atoms with E-state index in [0.29, 0.717) is 22.4 Å². The maximum atomic E-state index is 13.2. The van der Waals surface area contributed by atoms with Gasteiger partial charge in [-0.1, -0.05) is 48.5 Å². The number of hydrogen-bond acceptors (Lipinski definition) is 6. The Balaban J connectivity index is 1.99. The number of nitrogens with zero attached hydrogens (tertiary/aromatic N) is 3. The molecular weight excluding hydrogens is 362 g/mol. The predicted molar refractivity (Wildman–Crippen MR) is 102 cm³/mol. The summed E-state index contributed by atoms with van der Waals surface area (Å²) in [5.74, 6) is -0.154. The Kier molecular flexibility index (Phi) is 4.21. The number of aromatic nitrogens is 2. The van der Waals surface area contributed by atoms with Crippen molar-refractivity contribution in [2.45, 2.75) is 0 Å². The van der Waals surface area contributed by atoms with Crippen LogP contribution >= 0.6 is 0 Å². The highest BCUT2D eigenvalue weighted by atomic mass is 17.0. The lowest BCUT2D eigenvalue weighted by Crippen LogP contribution is -2.18. The molecule has 0 aliphatic carbocycles. The summed E-state index contributed by atoms with van der Waals surface area (Å²) in [5.41, 5.74) is 1.79. The first-order valence-electron chi connectivity index (χ1n) is 8.27. The van der Waals surface area contributed by atoms with E-state index in [0.717, 1.165) is 4.40 Å². The highest BCUT2D eigenvalue weighted by molar-refractivity contribution is 5.81. The Labute approximate surface area is 158 Å². The van der Waals surface area contributed by atoms with Crippen LogP contribution in [0.2, 0.25) is 0 Å². The van der Waals surface area contributed by atoms with Gasteiger partial charge in [0.15, 0.2) is 5.88 Å². The molecule has 0 amide bonds. The van der Waals surface area contributed by atoms with Crippen LogP contribution < -0.4 is 10.4 Å². The third-order valence-electron chi connectivity index (χ3n) is 4.20. The standard InChI is InChI=1S/C20H13N3O5/c24-17-8-4-7-16-21-19(14-9-11-15(12-10-14)28-23(26)27)18(20(25)22(16)17)13-5-2-1-3-6-13/h1-12,24H. The van der Waals surface area contributed by atoms with Crippen molar-refractivity contribution < 1.29 is 15.0 Å². The molecule has 8 heteroatoms. The minimum atomic E-state index is -0.895. The molecule has 0 aliphatic heterocycles. The van der Waals surface area contributed by atoms with Crippen LogP contribution in [0.1, 0.15) is 0 Å². The Morgan fingerprint density at radius 2 is 1.64 bits per heavy atom. The summed E-state index contributed by atoms with van der Waals surface area (Å²) in [4.78, 5) is 32.7. The maximum Gasteiger partial charge on any atom is 0.299 e. The molecule has 4 aromatic rings. The molecule has 0 saturated heterocycles. The summed E-state index contributed by atoms with van der Waals surface area (Å²) in [5, 5.41) is 19.7. The van der Waals surface area contributed by atoms with Gasteiger partial charge in [0.2, 0.25) is 0 Å². The molecule has 0 spiro atoms. The van der Waals surface area contributed by atoms with Crippen molar-refractivity contribution in [3.8, 4) is 34.0 Å². The molecule has 2 aromatic heterocycles. The molecular formula is C20H13N3O5. The molecule has 138 valence electrons. The van der Waals surface area contributed by atoms with Crippen molar-refractivity contribution in [1.29, 1.82) is 0 Å². The van der Waals surface area contributed by atoms with Crippen LogP contribution in [0.5, 0.6) is 11.6 Å². The second-order valence-electron chi connectivity index (χ2n) is 5.92. The molecule has 4 rings (SSSR count). The van der Waals surface area contributed by atoms with E-state index >= 15 is 0 Å². The van der Waals surface area contributed by atoms with Crippen LogP contribution in [0.3, 0.4) is 0 Å². The van der Waals surface area contributed by atoms with E-state index in [1.807, 2.05) is 6.07 Å². The molecule has 28 heavy (non-hydrogen) atoms. The van der Waals surface area contributed by atoms with Gasteiger partial charge >= 0.3 is 0 Å². The van der Waals surface area contributed by atoms with Gasteiger partial charge in [-0.3, -0.25) is 9.63 Å². The number of aromatic hydroxyl groups is 1. The number of fused-ring (bicyclic) bond motifs is 1. The summed E-state index contributed by atoms with van der Waals surface area (Å²) < 4.78 is 1.13. The summed E-state index contributed by atoms with van der Waals surface area (Å²) in [6.45, 7) is 0. The SMILES string of the molecule is O=c1c(-c2ccccc2)c(-c2ccc(O[N+](=O)[O-])cc2)nc2cccc(O)n12. The van der Waals surface area contributed by atoms with Crippen molar-refractivity contribution in [3.05, 3.63) is 93.3 Å². The van der Waals surface area contributed by atoms with Gasteiger partial charge in [0.1, 0.15) is 11.4 Å². The highest BCUT2D eigenvalue weighted by Crippen LogP contribution is 2.30. The van der Waals surface area contributed by atoms with Crippen LogP contribution in [-0.4, -0.2) is 19.6 Å². The molecule has 8 nitrogen and oxygen atoms in total. The largest absolute Gasteiger partial charge is 0.494 e. The molecule has 0 atom stereocenters. The van der Waals surface area contributed by atoms with E-state index in [9.17, 15) is 20.0 Å². The molecule has 0 aliphatic rings. The van der Waals surface area contributed by atoms with Gasteiger partial charge in [-0.15, -0.1) is 10.1 Å². The van der Waals surface area contributed by atoms with Crippen LogP contribution in [-0.2, 0) is 0 Å². The first-order chi connectivity index (χ1) is 13.5. The fourth-order valence-corrected chi connectivity index (χ4v) is 3.00. The fraction of sp³-hybridized carbons (Fsp3) is 0. The topological polar surface area (TPSA) is 107 Å². The van der Waals surface area contributed by atoms with Crippen LogP contribution in [0, 0.1) is 10.1 Å². The summed E-state index contributed by atoms with van der Waals surface area (Å²) in [6.07, 6.45) is 0. The average molecular weight is 375 g/mol. The van der Waals surface area contributed by atoms with Gasteiger partial charge < -0.3 is 5.11 Å². The Morgan fingerprint density at radius 1 is 0.929 bits per heavy atom. The molecule has 0 fully saturated rings. The lowest BCUT2D eigenvalue weighted by molar-refractivity contribution is -0.711. The third-order valence-corrected chi connectivity index (χ3v) is 4.20. The van der Waals surface area contributed by atoms with Crippen molar-refractivity contribution >= 4 is 5.65 Å². The fourth-order valence-electron chi connectivity index (χ4n) is 3.00. The molecule has 1 N–H and O–H groups in total. The zero-order chi connectivity index (χ0) is 19.7.